The van der Waals surface area contributed by atoms with Crippen LogP contribution in [0.4, 0.5) is 0 Å². The Morgan fingerprint density at radius 2 is 1.79 bits per heavy atom. The first-order valence-electron chi connectivity index (χ1n) is 16.0. The minimum Gasteiger partial charge on any atom is -0.490 e. The summed E-state index contributed by atoms with van der Waals surface area (Å²) >= 11 is 0. The van der Waals surface area contributed by atoms with Gasteiger partial charge in [-0.15, -0.1) is 0 Å². The number of aromatic nitrogens is 2. The van der Waals surface area contributed by atoms with Crippen molar-refractivity contribution in [2.75, 3.05) is 26.9 Å². The van der Waals surface area contributed by atoms with Crippen LogP contribution in [-0.2, 0) is 4.74 Å². The number of aliphatic hydroxyl groups is 1. The molecule has 2 aliphatic rings. The monoisotopic (exact) mass is 655 g/mol. The highest BCUT2D eigenvalue weighted by molar-refractivity contribution is 6.01. The van der Waals surface area contributed by atoms with E-state index < -0.39 is 11.5 Å². The second-order valence-corrected chi connectivity index (χ2v) is 13.5. The minimum atomic E-state index is -0.965. The van der Waals surface area contributed by atoms with E-state index in [1.807, 2.05) is 12.1 Å². The molecule has 6 rings (SSSR count). The van der Waals surface area contributed by atoms with E-state index in [1.165, 1.54) is 0 Å². The number of hydrogen-bond donors (Lipinski definition) is 4. The predicted octanol–water partition coefficient (Wildman–Crippen LogP) is 3.75. The quantitative estimate of drug-likeness (QED) is 0.158. The van der Waals surface area contributed by atoms with Crippen LogP contribution in [0.1, 0.15) is 70.6 Å². The third-order valence-corrected chi connectivity index (χ3v) is 8.93. The van der Waals surface area contributed by atoms with Gasteiger partial charge in [0, 0.05) is 25.3 Å². The molecule has 0 bridgehead atoms. The molecular formula is C36H41N5O7. The van der Waals surface area contributed by atoms with Crippen molar-refractivity contribution in [3.63, 3.8) is 0 Å². The normalized spacial score (nSPS) is 20.1. The van der Waals surface area contributed by atoms with E-state index in [0.29, 0.717) is 46.9 Å². The zero-order chi connectivity index (χ0) is 34.1. The van der Waals surface area contributed by atoms with Crippen molar-refractivity contribution in [1.82, 2.24) is 20.2 Å². The molecule has 5 N–H and O–H groups in total. The molecule has 12 nitrogen and oxygen atoms in total. The summed E-state index contributed by atoms with van der Waals surface area (Å²) in [6.07, 6.45) is 6.45. The molecule has 2 aliphatic carbocycles. The van der Waals surface area contributed by atoms with Gasteiger partial charge in [-0.25, -0.2) is 4.52 Å². The second kappa shape index (κ2) is 13.3. The van der Waals surface area contributed by atoms with Crippen molar-refractivity contribution in [2.45, 2.75) is 57.3 Å². The standard InChI is InChI=1S/C36H41N5O7/c1-35(2,45)21-47-26-8-10-30-29(19-39-41(30)20-26)34(44)40-25-15-36(16-25)17-27(18-36)48-31-14-23(7-9-28(31)32(37)42)22-5-4-6-24(13-22)33(43)38-11-12-46-3/h4-10,13-14,19-20,25,27,45H,11-12,15-18,21H2,1-3H3,(H2,37,42)(H,38,43)(H,40,44). The van der Waals surface area contributed by atoms with Gasteiger partial charge >= 0.3 is 0 Å². The fourth-order valence-electron chi connectivity index (χ4n) is 6.55. The Morgan fingerprint density at radius 3 is 2.52 bits per heavy atom. The number of ether oxygens (including phenoxy) is 3. The SMILES string of the molecule is COCCNC(=O)c1cccc(-c2ccc(C(N)=O)c(OC3CC4(CC(NC(=O)c5cnn6cc(OCC(C)(C)O)ccc56)C4)C3)c2)c1. The zero-order valence-electron chi connectivity index (χ0n) is 27.3. The number of rotatable bonds is 13. The van der Waals surface area contributed by atoms with Crippen LogP contribution < -0.4 is 25.8 Å². The summed E-state index contributed by atoms with van der Waals surface area (Å²) in [5, 5.41) is 20.2. The number of nitrogens with one attached hydrogen (secondary N) is 2. The molecule has 0 unspecified atom stereocenters. The Kier molecular flexibility index (Phi) is 9.13. The molecular weight excluding hydrogens is 614 g/mol. The first kappa shape index (κ1) is 33.0. The lowest BCUT2D eigenvalue weighted by Crippen LogP contribution is -2.58. The Bertz CT molecular complexity index is 1830. The number of hydrogen-bond acceptors (Lipinski definition) is 8. The molecule has 2 saturated carbocycles. The fraction of sp³-hybridized carbons (Fsp3) is 0.389. The summed E-state index contributed by atoms with van der Waals surface area (Å²) in [7, 11) is 1.58. The number of carbonyl (C=O) groups is 3. The highest BCUT2D eigenvalue weighted by atomic mass is 16.5. The third-order valence-electron chi connectivity index (χ3n) is 8.93. The Labute approximate surface area is 278 Å². The van der Waals surface area contributed by atoms with Gasteiger partial charge in [0.25, 0.3) is 17.7 Å². The molecule has 3 amide bonds. The van der Waals surface area contributed by atoms with Crippen molar-refractivity contribution in [1.29, 1.82) is 0 Å². The average molecular weight is 656 g/mol. The number of benzene rings is 2. The van der Waals surface area contributed by atoms with E-state index in [2.05, 4.69) is 15.7 Å². The third kappa shape index (κ3) is 7.29. The van der Waals surface area contributed by atoms with Gasteiger partial charge in [-0.05, 0) is 92.5 Å². The summed E-state index contributed by atoms with van der Waals surface area (Å²) in [6.45, 7) is 4.30. The lowest BCUT2D eigenvalue weighted by molar-refractivity contribution is -0.0834. The summed E-state index contributed by atoms with van der Waals surface area (Å²) in [5.74, 6) is 0.0108. The first-order chi connectivity index (χ1) is 22.9. The Hall–Kier alpha value is -4.94. The zero-order valence-corrected chi connectivity index (χ0v) is 27.3. The summed E-state index contributed by atoms with van der Waals surface area (Å²) in [5.41, 5.74) is 8.38. The van der Waals surface area contributed by atoms with E-state index in [4.69, 9.17) is 19.9 Å². The average Bonchev–Trinajstić information content (AvgIpc) is 3.45. The topological polar surface area (TPSA) is 167 Å². The van der Waals surface area contributed by atoms with Gasteiger partial charge in [-0.1, -0.05) is 18.2 Å². The van der Waals surface area contributed by atoms with Crippen LogP contribution in [0.5, 0.6) is 11.5 Å². The van der Waals surface area contributed by atoms with Crippen molar-refractivity contribution in [3.8, 4) is 22.6 Å². The molecule has 4 aromatic rings. The number of amides is 3. The van der Waals surface area contributed by atoms with Crippen LogP contribution in [0.25, 0.3) is 16.6 Å². The lowest BCUT2D eigenvalue weighted by atomic mass is 9.53. The number of primary amides is 1. The molecule has 0 radical (unpaired) electrons. The summed E-state index contributed by atoms with van der Waals surface area (Å²) < 4.78 is 18.6. The van der Waals surface area contributed by atoms with Crippen LogP contribution in [0, 0.1) is 5.41 Å². The van der Waals surface area contributed by atoms with Crippen LogP contribution in [0.15, 0.2) is 67.0 Å². The predicted molar refractivity (Wildman–Crippen MR) is 178 cm³/mol. The molecule has 2 aromatic carbocycles. The van der Waals surface area contributed by atoms with E-state index in [-0.39, 0.29) is 36.0 Å². The number of pyridine rings is 1. The Morgan fingerprint density at radius 1 is 1.02 bits per heavy atom. The molecule has 48 heavy (non-hydrogen) atoms. The molecule has 12 heteroatoms. The maximum Gasteiger partial charge on any atom is 0.255 e. The first-order valence-corrected chi connectivity index (χ1v) is 16.0. The number of fused-ring (bicyclic) bond motifs is 1. The highest BCUT2D eigenvalue weighted by Gasteiger charge is 2.54. The van der Waals surface area contributed by atoms with Gasteiger partial charge in [0.05, 0.1) is 47.3 Å². The van der Waals surface area contributed by atoms with Crippen molar-refractivity contribution in [3.05, 3.63) is 83.7 Å². The van der Waals surface area contributed by atoms with Crippen LogP contribution in [0.2, 0.25) is 0 Å². The largest absolute Gasteiger partial charge is 0.490 e. The lowest BCUT2D eigenvalue weighted by Gasteiger charge is -2.57. The van der Waals surface area contributed by atoms with Gasteiger partial charge in [0.1, 0.15) is 18.1 Å². The molecule has 2 aromatic heterocycles. The number of carbonyl (C=O) groups excluding carboxylic acids is 3. The van der Waals surface area contributed by atoms with E-state index in [1.54, 1.807) is 80.3 Å². The molecule has 2 fully saturated rings. The Balaban J connectivity index is 1.04. The van der Waals surface area contributed by atoms with E-state index in [0.717, 1.165) is 36.8 Å². The van der Waals surface area contributed by atoms with Crippen LogP contribution in [0.3, 0.4) is 0 Å². The molecule has 252 valence electrons. The van der Waals surface area contributed by atoms with Gasteiger partial charge in [-0.3, -0.25) is 14.4 Å². The number of methoxy groups -OCH3 is 1. The van der Waals surface area contributed by atoms with Gasteiger partial charge < -0.3 is 35.7 Å². The molecule has 0 aliphatic heterocycles. The molecule has 2 heterocycles. The van der Waals surface area contributed by atoms with Gasteiger partial charge in [-0.2, -0.15) is 5.10 Å². The van der Waals surface area contributed by atoms with E-state index >= 15 is 0 Å². The van der Waals surface area contributed by atoms with Gasteiger partial charge in [0.15, 0.2) is 0 Å². The molecule has 0 saturated heterocycles. The van der Waals surface area contributed by atoms with Crippen molar-refractivity contribution < 1.29 is 33.7 Å². The van der Waals surface area contributed by atoms with Crippen molar-refractivity contribution >= 4 is 23.2 Å². The number of nitrogens with zero attached hydrogens (tertiary/aromatic N) is 2. The van der Waals surface area contributed by atoms with E-state index in [9.17, 15) is 19.5 Å². The maximum atomic E-state index is 13.1. The van der Waals surface area contributed by atoms with Crippen LogP contribution >= 0.6 is 0 Å². The van der Waals surface area contributed by atoms with Gasteiger partial charge in [0.2, 0.25) is 0 Å². The minimum absolute atomic E-state index is 0.0475. The molecule has 0 atom stereocenters. The fourth-order valence-corrected chi connectivity index (χ4v) is 6.55. The molecule has 1 spiro atoms. The maximum absolute atomic E-state index is 13.1. The highest BCUT2D eigenvalue weighted by Crippen LogP contribution is 2.57. The number of nitrogens with two attached hydrogens (primary N) is 1. The second-order valence-electron chi connectivity index (χ2n) is 13.5. The van der Waals surface area contributed by atoms with Crippen molar-refractivity contribution in [2.24, 2.45) is 11.1 Å². The smallest absolute Gasteiger partial charge is 0.255 e. The summed E-state index contributed by atoms with van der Waals surface area (Å²) in [6, 6.07) is 16.1. The summed E-state index contributed by atoms with van der Waals surface area (Å²) in [4.78, 5) is 37.9. The van der Waals surface area contributed by atoms with Crippen LogP contribution in [-0.4, -0.2) is 77.1 Å².